The van der Waals surface area contributed by atoms with E-state index < -0.39 is 40.7 Å². The predicted octanol–water partition coefficient (Wildman–Crippen LogP) is 7.23. The van der Waals surface area contributed by atoms with Crippen molar-refractivity contribution < 1.29 is 26.7 Å². The van der Waals surface area contributed by atoms with Crippen LogP contribution >= 0.6 is 11.8 Å². The summed E-state index contributed by atoms with van der Waals surface area (Å²) in [7, 11) is 0. The Morgan fingerprint density at radius 2 is 1.53 bits per heavy atom. The molecule has 1 heterocycles. The molecule has 0 spiro atoms. The van der Waals surface area contributed by atoms with Crippen molar-refractivity contribution in [1.29, 1.82) is 0 Å². The van der Waals surface area contributed by atoms with Crippen molar-refractivity contribution >= 4 is 45.9 Å². The number of halogens is 5. The van der Waals surface area contributed by atoms with Gasteiger partial charge in [-0.05, 0) is 41.8 Å². The summed E-state index contributed by atoms with van der Waals surface area (Å²) in [6.07, 6.45) is 2.50. The Bertz CT molecular complexity index is 1360. The van der Waals surface area contributed by atoms with Crippen LogP contribution in [0.15, 0.2) is 52.0 Å². The largest absolute Gasteiger partial charge is 0.280 e. The van der Waals surface area contributed by atoms with Crippen molar-refractivity contribution in [2.24, 2.45) is 5.10 Å². The maximum atomic E-state index is 14.3. The first-order valence-corrected chi connectivity index (χ1v) is 11.3. The molecule has 1 aliphatic rings. The van der Waals surface area contributed by atoms with Gasteiger partial charge in [-0.15, -0.1) is 11.8 Å². The average Bonchev–Trinajstić information content (AvgIpc) is 3.11. The predicted molar refractivity (Wildman–Crippen MR) is 124 cm³/mol. The number of fused-ring (bicyclic) bond motifs is 1. The van der Waals surface area contributed by atoms with Crippen molar-refractivity contribution in [2.75, 3.05) is 5.01 Å². The summed E-state index contributed by atoms with van der Waals surface area (Å²) in [5, 5.41) is 6.22. The van der Waals surface area contributed by atoms with Crippen LogP contribution in [-0.4, -0.2) is 16.9 Å². The van der Waals surface area contributed by atoms with Crippen LogP contribution in [0.2, 0.25) is 0 Å². The number of hydrogen-bond donors (Lipinski definition) is 0. The average molecular weight is 490 g/mol. The quantitative estimate of drug-likeness (QED) is 0.124. The molecule has 9 heteroatoms. The van der Waals surface area contributed by atoms with Crippen LogP contribution in [0.3, 0.4) is 0 Å². The van der Waals surface area contributed by atoms with E-state index in [9.17, 15) is 26.7 Å². The van der Waals surface area contributed by atoms with Crippen LogP contribution in [0.5, 0.6) is 0 Å². The monoisotopic (exact) mass is 490 g/mol. The second kappa shape index (κ2) is 9.21. The van der Waals surface area contributed by atoms with E-state index in [2.05, 4.69) is 18.9 Å². The third-order valence-electron chi connectivity index (χ3n) is 5.58. The summed E-state index contributed by atoms with van der Waals surface area (Å²) in [4.78, 5) is 14.1. The summed E-state index contributed by atoms with van der Waals surface area (Å²) in [5.74, 6) is -11.8. The Morgan fingerprint density at radius 1 is 0.941 bits per heavy atom. The molecule has 0 fully saturated rings. The van der Waals surface area contributed by atoms with Crippen molar-refractivity contribution in [2.45, 2.75) is 37.3 Å². The standard InChI is InChI=1S/C25H19F5N2OS/c1-4-12(2)34-18-10-9-14(15-7-5-6-8-16(15)18)11-17-13(3)31-32(25(17)33)24-22(29)20(27)19(26)21(28)23(24)30/h5-12H,4H2,1-3H3/b17-11+/t12-/m1/s1. The highest BCUT2D eigenvalue weighted by molar-refractivity contribution is 8.00. The number of thioether (sulfide) groups is 1. The molecule has 34 heavy (non-hydrogen) atoms. The molecule has 0 radical (unpaired) electrons. The molecule has 0 bridgehead atoms. The number of hydrogen-bond acceptors (Lipinski definition) is 3. The van der Waals surface area contributed by atoms with Gasteiger partial charge in [-0.25, -0.2) is 22.0 Å². The van der Waals surface area contributed by atoms with Gasteiger partial charge in [0.2, 0.25) is 5.82 Å². The number of anilines is 1. The van der Waals surface area contributed by atoms with Gasteiger partial charge in [0.15, 0.2) is 23.3 Å². The summed E-state index contributed by atoms with van der Waals surface area (Å²) in [5.41, 5.74) is -0.692. The van der Waals surface area contributed by atoms with Gasteiger partial charge in [0.1, 0.15) is 5.69 Å². The van der Waals surface area contributed by atoms with Crippen molar-refractivity contribution in [3.8, 4) is 0 Å². The Balaban J connectivity index is 1.79. The van der Waals surface area contributed by atoms with E-state index in [1.165, 1.54) is 13.0 Å². The second-order valence-electron chi connectivity index (χ2n) is 7.81. The molecule has 1 aliphatic heterocycles. The molecule has 0 unspecified atom stereocenters. The topological polar surface area (TPSA) is 32.7 Å². The summed E-state index contributed by atoms with van der Waals surface area (Å²) >= 11 is 1.73. The molecular formula is C25H19F5N2OS. The van der Waals surface area contributed by atoms with Gasteiger partial charge in [0.25, 0.3) is 5.91 Å². The van der Waals surface area contributed by atoms with Crippen molar-refractivity contribution in [3.05, 3.63) is 76.6 Å². The van der Waals surface area contributed by atoms with Crippen molar-refractivity contribution in [3.63, 3.8) is 0 Å². The molecule has 0 N–H and O–H groups in total. The smallest absolute Gasteiger partial charge is 0.267 e. The van der Waals surface area contributed by atoms with E-state index in [1.54, 1.807) is 11.8 Å². The molecule has 1 atom stereocenters. The maximum absolute atomic E-state index is 14.3. The first-order chi connectivity index (χ1) is 16.1. The summed E-state index contributed by atoms with van der Waals surface area (Å²) in [6, 6.07) is 11.3. The van der Waals surface area contributed by atoms with E-state index in [1.807, 2.05) is 36.4 Å². The van der Waals surface area contributed by atoms with Crippen LogP contribution < -0.4 is 5.01 Å². The zero-order chi connectivity index (χ0) is 24.7. The molecule has 3 aromatic carbocycles. The first kappa shape index (κ1) is 23.9. The van der Waals surface area contributed by atoms with E-state index >= 15 is 0 Å². The molecule has 3 aromatic rings. The van der Waals surface area contributed by atoms with Gasteiger partial charge < -0.3 is 0 Å². The number of carbonyl (C=O) groups excluding carboxylic acids is 1. The van der Waals surface area contributed by atoms with Gasteiger partial charge in [0, 0.05) is 10.1 Å². The van der Waals surface area contributed by atoms with Gasteiger partial charge >= 0.3 is 0 Å². The second-order valence-corrected chi connectivity index (χ2v) is 9.29. The zero-order valence-corrected chi connectivity index (χ0v) is 19.2. The summed E-state index contributed by atoms with van der Waals surface area (Å²) < 4.78 is 69.4. The number of amides is 1. The minimum atomic E-state index is -2.30. The lowest BCUT2D eigenvalue weighted by molar-refractivity contribution is -0.114. The van der Waals surface area contributed by atoms with Gasteiger partial charge in [-0.1, -0.05) is 44.2 Å². The van der Waals surface area contributed by atoms with Crippen LogP contribution in [0.1, 0.15) is 32.8 Å². The highest BCUT2D eigenvalue weighted by Gasteiger charge is 2.37. The number of nitrogens with zero attached hydrogens (tertiary/aromatic N) is 2. The number of hydrazone groups is 1. The lowest BCUT2D eigenvalue weighted by Crippen LogP contribution is -2.25. The fourth-order valence-corrected chi connectivity index (χ4v) is 4.65. The minimum Gasteiger partial charge on any atom is -0.267 e. The van der Waals surface area contributed by atoms with Gasteiger partial charge in [-0.2, -0.15) is 10.1 Å². The molecule has 1 amide bonds. The van der Waals surface area contributed by atoms with E-state index in [-0.39, 0.29) is 16.3 Å². The third kappa shape index (κ3) is 3.98. The highest BCUT2D eigenvalue weighted by atomic mass is 32.2. The number of benzene rings is 3. The summed E-state index contributed by atoms with van der Waals surface area (Å²) in [6.45, 7) is 5.65. The molecular weight excluding hydrogens is 471 g/mol. The van der Waals surface area contributed by atoms with E-state index in [0.717, 1.165) is 22.1 Å². The molecule has 0 aromatic heterocycles. The number of rotatable bonds is 5. The third-order valence-corrected chi connectivity index (χ3v) is 6.93. The molecule has 3 nitrogen and oxygen atoms in total. The fourth-order valence-electron chi connectivity index (χ4n) is 3.59. The first-order valence-electron chi connectivity index (χ1n) is 10.5. The molecule has 0 saturated heterocycles. The molecule has 176 valence electrons. The van der Waals surface area contributed by atoms with Crippen molar-refractivity contribution in [1.82, 2.24) is 0 Å². The van der Waals surface area contributed by atoms with Crippen LogP contribution in [0.4, 0.5) is 27.6 Å². The van der Waals surface area contributed by atoms with Gasteiger partial charge in [-0.3, -0.25) is 4.79 Å². The SMILES string of the molecule is CC[C@@H](C)Sc1ccc(/C=C2/C(=O)N(c3c(F)c(F)c(F)c(F)c3F)N=C2C)c2ccccc12. The Hall–Kier alpha value is -3.20. The zero-order valence-electron chi connectivity index (χ0n) is 18.4. The number of carbonyl (C=O) groups is 1. The maximum Gasteiger partial charge on any atom is 0.280 e. The highest BCUT2D eigenvalue weighted by Crippen LogP contribution is 2.36. The lowest BCUT2D eigenvalue weighted by Gasteiger charge is -2.15. The Kier molecular flexibility index (Phi) is 6.49. The molecule has 4 rings (SSSR count). The van der Waals surface area contributed by atoms with Crippen LogP contribution in [-0.2, 0) is 4.79 Å². The Morgan fingerprint density at radius 3 is 2.15 bits per heavy atom. The van der Waals surface area contributed by atoms with E-state index in [0.29, 0.717) is 10.8 Å². The molecule has 0 aliphatic carbocycles. The minimum absolute atomic E-state index is 0.0172. The van der Waals surface area contributed by atoms with Crippen LogP contribution in [0.25, 0.3) is 16.8 Å². The van der Waals surface area contributed by atoms with E-state index in [4.69, 9.17) is 0 Å². The fraction of sp³-hybridized carbons (Fsp3) is 0.200. The Labute approximate surface area is 196 Å². The van der Waals surface area contributed by atoms with Crippen LogP contribution in [0, 0.1) is 29.1 Å². The normalized spacial score (nSPS) is 16.0. The molecule has 0 saturated carbocycles. The van der Waals surface area contributed by atoms with Gasteiger partial charge in [0.05, 0.1) is 11.3 Å². The lowest BCUT2D eigenvalue weighted by atomic mass is 10.0.